The summed E-state index contributed by atoms with van der Waals surface area (Å²) in [6, 6.07) is 5.66. The van der Waals surface area contributed by atoms with Gasteiger partial charge in [-0.1, -0.05) is 6.07 Å². The first-order chi connectivity index (χ1) is 13.1. The molecule has 1 saturated carbocycles. The van der Waals surface area contributed by atoms with Crippen LogP contribution in [0.15, 0.2) is 36.4 Å². The lowest BCUT2D eigenvalue weighted by Gasteiger charge is -2.36. The van der Waals surface area contributed by atoms with E-state index in [-0.39, 0.29) is 0 Å². The zero-order chi connectivity index (χ0) is 20.7. The summed E-state index contributed by atoms with van der Waals surface area (Å²) in [7, 11) is 0. The number of carboxylic acids is 2. The topological polar surface area (TPSA) is 81.1 Å². The summed E-state index contributed by atoms with van der Waals surface area (Å²) < 4.78 is 38.2. The second-order valence-corrected chi connectivity index (χ2v) is 6.79. The van der Waals surface area contributed by atoms with Gasteiger partial charge in [-0.05, 0) is 37.0 Å². The fourth-order valence-corrected chi connectivity index (χ4v) is 2.88. The van der Waals surface area contributed by atoms with Crippen molar-refractivity contribution in [2.75, 3.05) is 37.6 Å². The molecule has 0 radical (unpaired) electrons. The molecule has 1 aliphatic carbocycles. The third-order valence-corrected chi connectivity index (χ3v) is 4.49. The molecule has 1 aromatic rings. The van der Waals surface area contributed by atoms with Gasteiger partial charge in [-0.25, -0.2) is 9.59 Å². The number of carbonyl (C=O) groups is 2. The predicted octanol–water partition coefficient (Wildman–Crippen LogP) is 2.95. The van der Waals surface area contributed by atoms with Crippen LogP contribution < -0.4 is 4.90 Å². The first-order valence-corrected chi connectivity index (χ1v) is 8.93. The molecular formula is C19H23F3N2O4. The Hall–Kier alpha value is -2.55. The van der Waals surface area contributed by atoms with E-state index in [1.165, 1.54) is 25.0 Å². The Kier molecular flexibility index (Phi) is 7.45. The minimum atomic E-state index is -4.26. The molecule has 1 heterocycles. The SMILES string of the molecule is FC(F)(F)c1cccc(N2CCN(CC3CC3)CC2)c1.O=C(O)C=CC(=O)O. The van der Waals surface area contributed by atoms with Crippen LogP contribution in [0.3, 0.4) is 0 Å². The molecule has 0 unspecified atom stereocenters. The fraction of sp³-hybridized carbons (Fsp3) is 0.474. The lowest BCUT2D eigenvalue weighted by atomic mass is 10.1. The quantitative estimate of drug-likeness (QED) is 0.740. The van der Waals surface area contributed by atoms with Gasteiger partial charge in [-0.3, -0.25) is 4.90 Å². The summed E-state index contributed by atoms with van der Waals surface area (Å²) in [4.78, 5) is 23.6. The monoisotopic (exact) mass is 400 g/mol. The average Bonchev–Trinajstić information content (AvgIpc) is 3.45. The number of carboxylic acid groups (broad SMARTS) is 2. The van der Waals surface area contributed by atoms with Gasteiger partial charge in [0.1, 0.15) is 0 Å². The van der Waals surface area contributed by atoms with Crippen LogP contribution >= 0.6 is 0 Å². The number of rotatable bonds is 5. The van der Waals surface area contributed by atoms with Gasteiger partial charge in [-0.15, -0.1) is 0 Å². The van der Waals surface area contributed by atoms with Crippen LogP contribution in [0.4, 0.5) is 18.9 Å². The highest BCUT2D eigenvalue weighted by Gasteiger charge is 2.31. The van der Waals surface area contributed by atoms with E-state index < -0.39 is 23.7 Å². The molecule has 0 amide bonds. The Labute approximate surface area is 160 Å². The number of nitrogens with zero attached hydrogens (tertiary/aromatic N) is 2. The minimum Gasteiger partial charge on any atom is -0.478 e. The molecule has 28 heavy (non-hydrogen) atoms. The maximum absolute atomic E-state index is 12.7. The number of hydrogen-bond donors (Lipinski definition) is 2. The number of piperazine rings is 1. The summed E-state index contributed by atoms with van der Waals surface area (Å²) >= 11 is 0. The van der Waals surface area contributed by atoms with Gasteiger partial charge >= 0.3 is 18.1 Å². The molecule has 2 N–H and O–H groups in total. The lowest BCUT2D eigenvalue weighted by Crippen LogP contribution is -2.47. The first kappa shape index (κ1) is 21.7. The Morgan fingerprint density at radius 3 is 2.07 bits per heavy atom. The van der Waals surface area contributed by atoms with Crippen LogP contribution in [-0.2, 0) is 15.8 Å². The Balaban J connectivity index is 0.000000300. The Morgan fingerprint density at radius 1 is 1.04 bits per heavy atom. The molecule has 1 saturated heterocycles. The van der Waals surface area contributed by atoms with E-state index in [9.17, 15) is 22.8 Å². The van der Waals surface area contributed by atoms with Gasteiger partial charge in [-0.2, -0.15) is 13.2 Å². The second-order valence-electron chi connectivity index (χ2n) is 6.79. The van der Waals surface area contributed by atoms with Crippen molar-refractivity contribution in [3.05, 3.63) is 42.0 Å². The van der Waals surface area contributed by atoms with Crippen LogP contribution in [0.25, 0.3) is 0 Å². The van der Waals surface area contributed by atoms with Gasteiger partial charge in [0, 0.05) is 50.6 Å². The molecular weight excluding hydrogens is 377 g/mol. The molecule has 0 spiro atoms. The average molecular weight is 400 g/mol. The maximum Gasteiger partial charge on any atom is 0.416 e. The molecule has 1 aromatic carbocycles. The summed E-state index contributed by atoms with van der Waals surface area (Å²) in [5.74, 6) is -1.64. The van der Waals surface area contributed by atoms with Crippen molar-refractivity contribution >= 4 is 17.6 Å². The third kappa shape index (κ3) is 7.59. The fourth-order valence-electron chi connectivity index (χ4n) is 2.88. The predicted molar refractivity (Wildman–Crippen MR) is 97.2 cm³/mol. The third-order valence-electron chi connectivity index (χ3n) is 4.49. The van der Waals surface area contributed by atoms with Crippen LogP contribution in [-0.4, -0.2) is 59.8 Å². The van der Waals surface area contributed by atoms with Crippen molar-refractivity contribution in [1.29, 1.82) is 0 Å². The molecule has 154 valence electrons. The summed E-state index contributed by atoms with van der Waals surface area (Å²) in [6.07, 6.45) is -0.462. The van der Waals surface area contributed by atoms with Crippen LogP contribution in [0.2, 0.25) is 0 Å². The van der Waals surface area contributed by atoms with E-state index in [0.717, 1.165) is 44.7 Å². The van der Waals surface area contributed by atoms with Crippen LogP contribution in [0, 0.1) is 5.92 Å². The van der Waals surface area contributed by atoms with Gasteiger partial charge < -0.3 is 15.1 Å². The normalized spacial score (nSPS) is 17.9. The van der Waals surface area contributed by atoms with Crippen molar-refractivity contribution < 1.29 is 33.0 Å². The highest BCUT2D eigenvalue weighted by Crippen LogP contribution is 2.32. The number of halogens is 3. The maximum atomic E-state index is 12.7. The zero-order valence-corrected chi connectivity index (χ0v) is 15.2. The number of aliphatic carboxylic acids is 2. The van der Waals surface area contributed by atoms with E-state index in [1.807, 2.05) is 0 Å². The molecule has 2 fully saturated rings. The molecule has 1 aliphatic heterocycles. The second kappa shape index (κ2) is 9.59. The lowest BCUT2D eigenvalue weighted by molar-refractivity contribution is -0.137. The smallest absolute Gasteiger partial charge is 0.416 e. The van der Waals surface area contributed by atoms with Crippen molar-refractivity contribution in [1.82, 2.24) is 4.90 Å². The van der Waals surface area contributed by atoms with E-state index >= 15 is 0 Å². The van der Waals surface area contributed by atoms with Gasteiger partial charge in [0.2, 0.25) is 0 Å². The molecule has 6 nitrogen and oxygen atoms in total. The minimum absolute atomic E-state index is 0.558. The van der Waals surface area contributed by atoms with Crippen molar-refractivity contribution in [3.63, 3.8) is 0 Å². The number of hydrogen-bond acceptors (Lipinski definition) is 4. The number of anilines is 1. The molecule has 0 aromatic heterocycles. The Morgan fingerprint density at radius 2 is 1.61 bits per heavy atom. The van der Waals surface area contributed by atoms with Gasteiger partial charge in [0.15, 0.2) is 0 Å². The summed E-state index contributed by atoms with van der Waals surface area (Å²) in [6.45, 7) is 4.69. The van der Waals surface area contributed by atoms with E-state index in [0.29, 0.717) is 17.8 Å². The van der Waals surface area contributed by atoms with Gasteiger partial charge in [0.05, 0.1) is 5.56 Å². The number of benzene rings is 1. The van der Waals surface area contributed by atoms with E-state index in [1.54, 1.807) is 6.07 Å². The van der Waals surface area contributed by atoms with Gasteiger partial charge in [0.25, 0.3) is 0 Å². The van der Waals surface area contributed by atoms with Crippen molar-refractivity contribution in [2.24, 2.45) is 5.92 Å². The zero-order valence-electron chi connectivity index (χ0n) is 15.2. The molecule has 2 aliphatic rings. The van der Waals surface area contributed by atoms with Crippen LogP contribution in [0.1, 0.15) is 18.4 Å². The van der Waals surface area contributed by atoms with Crippen molar-refractivity contribution in [2.45, 2.75) is 19.0 Å². The standard InChI is InChI=1S/C15H19F3N2.C4H4O4/c16-15(17,18)13-2-1-3-14(10-13)20-8-6-19(7-9-20)11-12-4-5-12;5-3(6)1-2-4(7)8/h1-3,10,12H,4-9,11H2;1-2H,(H,5,6)(H,7,8). The van der Waals surface area contributed by atoms with E-state index in [4.69, 9.17) is 10.2 Å². The molecule has 3 rings (SSSR count). The summed E-state index contributed by atoms with van der Waals surface area (Å²) in [5, 5.41) is 15.6. The molecule has 9 heteroatoms. The highest BCUT2D eigenvalue weighted by atomic mass is 19.4. The largest absolute Gasteiger partial charge is 0.478 e. The van der Waals surface area contributed by atoms with E-state index in [2.05, 4.69) is 9.80 Å². The Bertz CT molecular complexity index is 693. The first-order valence-electron chi connectivity index (χ1n) is 8.93. The van der Waals surface area contributed by atoms with Crippen molar-refractivity contribution in [3.8, 4) is 0 Å². The number of alkyl halides is 3. The molecule has 0 bridgehead atoms. The molecule has 0 atom stereocenters. The highest BCUT2D eigenvalue weighted by molar-refractivity contribution is 5.89. The summed E-state index contributed by atoms with van der Waals surface area (Å²) in [5.41, 5.74) is 0.126. The van der Waals surface area contributed by atoms with Crippen LogP contribution in [0.5, 0.6) is 0 Å².